The number of carbonyl (C=O) groups is 1. The van der Waals surface area contributed by atoms with Crippen molar-refractivity contribution >= 4 is 17.1 Å². The average Bonchev–Trinajstić information content (AvgIpc) is 3.26. The van der Waals surface area contributed by atoms with Gasteiger partial charge in [0.1, 0.15) is 0 Å². The third-order valence-electron chi connectivity index (χ3n) is 6.20. The van der Waals surface area contributed by atoms with Gasteiger partial charge in [-0.1, -0.05) is 30.3 Å². The van der Waals surface area contributed by atoms with Gasteiger partial charge in [-0.3, -0.25) is 4.79 Å². The molecule has 1 saturated heterocycles. The van der Waals surface area contributed by atoms with Crippen LogP contribution in [0, 0.1) is 5.92 Å². The van der Waals surface area contributed by atoms with Crippen LogP contribution in [0.25, 0.3) is 11.1 Å². The quantitative estimate of drug-likeness (QED) is 0.904. The van der Waals surface area contributed by atoms with Crippen LogP contribution in [0.2, 0.25) is 0 Å². The van der Waals surface area contributed by atoms with Crippen LogP contribution < -0.4 is 0 Å². The molecule has 1 N–H and O–H groups in total. The molecule has 4 rings (SSSR count). The van der Waals surface area contributed by atoms with Gasteiger partial charge in [0.2, 0.25) is 5.91 Å². The SMILES string of the molecule is CC(=O)N1CCC(C(O)CC2C(c3ccccc3)=C(C)c3cncn32)CC1. The lowest BCUT2D eigenvalue weighted by Crippen LogP contribution is -2.40. The summed E-state index contributed by atoms with van der Waals surface area (Å²) in [4.78, 5) is 17.8. The van der Waals surface area contributed by atoms with Crippen molar-refractivity contribution in [2.45, 2.75) is 45.3 Å². The number of likely N-dealkylation sites (tertiary alicyclic amines) is 1. The molecular weight excluding hydrogens is 338 g/mol. The Hall–Kier alpha value is -2.40. The lowest BCUT2D eigenvalue weighted by molar-refractivity contribution is -0.130. The third kappa shape index (κ3) is 3.32. The molecule has 2 atom stereocenters. The van der Waals surface area contributed by atoms with E-state index in [2.05, 4.69) is 40.7 Å². The highest BCUT2D eigenvalue weighted by Gasteiger charge is 2.34. The van der Waals surface area contributed by atoms with Gasteiger partial charge in [0, 0.05) is 20.0 Å². The number of nitrogens with zero attached hydrogens (tertiary/aromatic N) is 3. The predicted octanol–water partition coefficient (Wildman–Crippen LogP) is 3.38. The standard InChI is InChI=1S/C22H27N3O2/c1-15-20-13-23-14-25(20)19(22(15)18-6-4-3-5-7-18)12-21(27)17-8-10-24(11-9-17)16(2)26/h3-7,13-14,17,19,21,27H,8-12H2,1-2H3. The van der Waals surface area contributed by atoms with Gasteiger partial charge in [-0.2, -0.15) is 0 Å². The molecule has 1 amide bonds. The van der Waals surface area contributed by atoms with E-state index in [9.17, 15) is 9.90 Å². The van der Waals surface area contributed by atoms with E-state index in [-0.39, 0.29) is 24.0 Å². The number of carbonyl (C=O) groups excluding carboxylic acids is 1. The van der Waals surface area contributed by atoms with Gasteiger partial charge >= 0.3 is 0 Å². The summed E-state index contributed by atoms with van der Waals surface area (Å²) in [6.45, 7) is 5.26. The number of aliphatic hydroxyl groups is 1. The molecule has 0 bridgehead atoms. The van der Waals surface area contributed by atoms with E-state index in [4.69, 9.17) is 0 Å². The second kappa shape index (κ2) is 7.31. The molecule has 2 aliphatic heterocycles. The van der Waals surface area contributed by atoms with Gasteiger partial charge in [0.15, 0.2) is 0 Å². The highest BCUT2D eigenvalue weighted by Crippen LogP contribution is 2.45. The average molecular weight is 365 g/mol. The highest BCUT2D eigenvalue weighted by atomic mass is 16.3. The number of benzene rings is 1. The Kier molecular flexibility index (Phi) is 4.87. The summed E-state index contributed by atoms with van der Waals surface area (Å²) >= 11 is 0. The summed E-state index contributed by atoms with van der Waals surface area (Å²) in [5, 5.41) is 11.0. The topological polar surface area (TPSA) is 58.4 Å². The van der Waals surface area contributed by atoms with Crippen LogP contribution >= 0.6 is 0 Å². The number of aromatic nitrogens is 2. The Balaban J connectivity index is 1.54. The van der Waals surface area contributed by atoms with Crippen LogP contribution in [-0.2, 0) is 4.79 Å². The molecule has 1 fully saturated rings. The van der Waals surface area contributed by atoms with E-state index in [1.54, 1.807) is 6.92 Å². The van der Waals surface area contributed by atoms with Crippen molar-refractivity contribution in [2.75, 3.05) is 13.1 Å². The Morgan fingerprint density at radius 2 is 1.96 bits per heavy atom. The largest absolute Gasteiger partial charge is 0.393 e. The number of aliphatic hydroxyl groups excluding tert-OH is 1. The van der Waals surface area contributed by atoms with Crippen molar-refractivity contribution in [3.63, 3.8) is 0 Å². The van der Waals surface area contributed by atoms with E-state index >= 15 is 0 Å². The second-order valence-electron chi connectivity index (χ2n) is 7.75. The van der Waals surface area contributed by atoms with Crippen LogP contribution in [0.15, 0.2) is 42.9 Å². The number of fused-ring (bicyclic) bond motifs is 1. The molecular formula is C22H27N3O2. The van der Waals surface area contributed by atoms with E-state index in [1.165, 1.54) is 16.7 Å². The zero-order valence-electron chi connectivity index (χ0n) is 16.0. The minimum atomic E-state index is -0.385. The molecule has 27 heavy (non-hydrogen) atoms. The van der Waals surface area contributed by atoms with E-state index in [0.29, 0.717) is 6.42 Å². The molecule has 1 aromatic heterocycles. The Morgan fingerprint density at radius 3 is 2.63 bits per heavy atom. The number of hydrogen-bond acceptors (Lipinski definition) is 3. The number of amides is 1. The normalized spacial score (nSPS) is 21.4. The monoisotopic (exact) mass is 365 g/mol. The van der Waals surface area contributed by atoms with Gasteiger partial charge in [-0.25, -0.2) is 4.98 Å². The van der Waals surface area contributed by atoms with Gasteiger partial charge in [0.05, 0.1) is 30.4 Å². The minimum absolute atomic E-state index is 0.103. The van der Waals surface area contributed by atoms with Crippen molar-refractivity contribution in [1.82, 2.24) is 14.5 Å². The van der Waals surface area contributed by atoms with E-state index < -0.39 is 0 Å². The molecule has 0 radical (unpaired) electrons. The van der Waals surface area contributed by atoms with Crippen LogP contribution in [0.5, 0.6) is 0 Å². The lowest BCUT2D eigenvalue weighted by Gasteiger charge is -2.35. The summed E-state index contributed by atoms with van der Waals surface area (Å²) in [6, 6.07) is 10.5. The fourth-order valence-electron chi connectivity index (χ4n) is 4.65. The molecule has 5 heteroatoms. The van der Waals surface area contributed by atoms with Gasteiger partial charge < -0.3 is 14.6 Å². The number of allylic oxidation sites excluding steroid dienone is 2. The molecule has 142 valence electrons. The fraction of sp³-hybridized carbons (Fsp3) is 0.455. The number of piperidine rings is 1. The first-order valence-corrected chi connectivity index (χ1v) is 9.78. The summed E-state index contributed by atoms with van der Waals surface area (Å²) in [6.07, 6.45) is 5.82. The van der Waals surface area contributed by atoms with Crippen molar-refractivity contribution in [1.29, 1.82) is 0 Å². The van der Waals surface area contributed by atoms with Gasteiger partial charge in [-0.05, 0) is 48.8 Å². The summed E-state index contributed by atoms with van der Waals surface area (Å²) in [5.41, 5.74) is 4.87. The summed E-state index contributed by atoms with van der Waals surface area (Å²) in [7, 11) is 0. The molecule has 5 nitrogen and oxygen atoms in total. The minimum Gasteiger partial charge on any atom is -0.393 e. The molecule has 2 aromatic rings. The summed E-state index contributed by atoms with van der Waals surface area (Å²) in [5.74, 6) is 0.372. The maximum absolute atomic E-state index is 11.5. The van der Waals surface area contributed by atoms with Gasteiger partial charge in [-0.15, -0.1) is 0 Å². The highest BCUT2D eigenvalue weighted by molar-refractivity contribution is 5.93. The maximum Gasteiger partial charge on any atom is 0.219 e. The first-order chi connectivity index (χ1) is 13.1. The Labute approximate surface area is 160 Å². The Morgan fingerprint density at radius 1 is 1.26 bits per heavy atom. The van der Waals surface area contributed by atoms with Gasteiger partial charge in [0.25, 0.3) is 0 Å². The van der Waals surface area contributed by atoms with Crippen LogP contribution in [-0.4, -0.2) is 44.7 Å². The first kappa shape index (κ1) is 18.0. The number of hydrogen-bond donors (Lipinski definition) is 1. The zero-order chi connectivity index (χ0) is 19.0. The van der Waals surface area contributed by atoms with E-state index in [1.807, 2.05) is 23.5 Å². The zero-order valence-corrected chi connectivity index (χ0v) is 16.0. The molecule has 0 aliphatic carbocycles. The lowest BCUT2D eigenvalue weighted by atomic mass is 9.85. The van der Waals surface area contributed by atoms with E-state index in [0.717, 1.165) is 31.6 Å². The molecule has 2 aliphatic rings. The molecule has 3 heterocycles. The predicted molar refractivity (Wildman–Crippen MR) is 106 cm³/mol. The van der Waals surface area contributed by atoms with Crippen molar-refractivity contribution < 1.29 is 9.90 Å². The Bertz CT molecular complexity index is 847. The summed E-state index contributed by atoms with van der Waals surface area (Å²) < 4.78 is 2.20. The molecule has 1 aromatic carbocycles. The van der Waals surface area contributed by atoms with Crippen LogP contribution in [0.4, 0.5) is 0 Å². The first-order valence-electron chi connectivity index (χ1n) is 9.78. The van der Waals surface area contributed by atoms with Crippen LogP contribution in [0.3, 0.4) is 0 Å². The van der Waals surface area contributed by atoms with Crippen molar-refractivity contribution in [3.8, 4) is 0 Å². The smallest absolute Gasteiger partial charge is 0.219 e. The number of rotatable bonds is 4. The van der Waals surface area contributed by atoms with Crippen LogP contribution in [0.1, 0.15) is 50.4 Å². The molecule has 0 spiro atoms. The fourth-order valence-corrected chi connectivity index (χ4v) is 4.65. The number of imidazole rings is 1. The second-order valence-corrected chi connectivity index (χ2v) is 7.75. The van der Waals surface area contributed by atoms with Crippen molar-refractivity contribution in [2.24, 2.45) is 5.92 Å². The van der Waals surface area contributed by atoms with Crippen molar-refractivity contribution in [3.05, 3.63) is 54.1 Å². The molecule has 0 saturated carbocycles. The molecule has 2 unspecified atom stereocenters. The maximum atomic E-state index is 11.5. The third-order valence-corrected chi connectivity index (χ3v) is 6.20.